The molecule has 4 rings (SSSR count). The highest BCUT2D eigenvalue weighted by Crippen LogP contribution is 2.31. The zero-order valence-corrected chi connectivity index (χ0v) is 22.0. The van der Waals surface area contributed by atoms with E-state index < -0.39 is 17.3 Å². The number of carbonyl (C=O) groups excluding carboxylic acids is 2. The molecule has 2 amide bonds. The van der Waals surface area contributed by atoms with E-state index in [0.29, 0.717) is 32.1 Å². The predicted molar refractivity (Wildman–Crippen MR) is 127 cm³/mol. The van der Waals surface area contributed by atoms with Gasteiger partial charge in [0.25, 0.3) is 0 Å². The zero-order chi connectivity index (χ0) is 25.8. The number of amides is 2. The van der Waals surface area contributed by atoms with Crippen molar-refractivity contribution in [3.05, 3.63) is 0 Å². The second-order valence-electron chi connectivity index (χ2n) is 11.7. The van der Waals surface area contributed by atoms with Gasteiger partial charge in [-0.15, -0.1) is 0 Å². The molecule has 0 radical (unpaired) electrons. The van der Waals surface area contributed by atoms with Crippen molar-refractivity contribution in [1.29, 1.82) is 0 Å². The lowest BCUT2D eigenvalue weighted by atomic mass is 10.1. The maximum absolute atomic E-state index is 11.5. The van der Waals surface area contributed by atoms with Gasteiger partial charge in [-0.1, -0.05) is 13.8 Å². The van der Waals surface area contributed by atoms with Crippen LogP contribution in [0.5, 0.6) is 0 Å². The summed E-state index contributed by atoms with van der Waals surface area (Å²) in [5, 5.41) is 21.5. The number of aliphatic hydroxyl groups excluding tert-OH is 2. The molecule has 0 aromatic carbocycles. The lowest BCUT2D eigenvalue weighted by molar-refractivity contribution is 0.0228. The van der Waals surface area contributed by atoms with Crippen LogP contribution < -0.4 is 5.32 Å². The molecule has 0 aliphatic carbocycles. The fourth-order valence-electron chi connectivity index (χ4n) is 3.71. The van der Waals surface area contributed by atoms with Crippen LogP contribution in [-0.4, -0.2) is 107 Å². The number of hydrogen-bond donors (Lipinski definition) is 3. The van der Waals surface area contributed by atoms with Crippen LogP contribution >= 0.6 is 0 Å². The van der Waals surface area contributed by atoms with E-state index in [1.165, 1.54) is 0 Å². The fraction of sp³-hybridized carbons (Fsp3) is 0.917. The van der Waals surface area contributed by atoms with E-state index in [2.05, 4.69) is 5.32 Å². The SMILES string of the molecule is CC(C)(C)OC(=O)N1CC2OC2C1.C[C@H]1CN(C(=O)OC(C)(C)C)C[C@@H]1O.C[C@H]1CNC[C@@H]1O. The van der Waals surface area contributed by atoms with Gasteiger partial charge in [-0.05, 0) is 47.5 Å². The van der Waals surface area contributed by atoms with E-state index in [1.807, 2.05) is 55.4 Å². The summed E-state index contributed by atoms with van der Waals surface area (Å²) in [4.78, 5) is 26.3. The number of nitrogens with one attached hydrogen (secondary N) is 1. The molecule has 198 valence electrons. The minimum Gasteiger partial charge on any atom is -0.444 e. The van der Waals surface area contributed by atoms with E-state index in [0.717, 1.165) is 13.1 Å². The summed E-state index contributed by atoms with van der Waals surface area (Å²) in [6, 6.07) is 0. The lowest BCUT2D eigenvalue weighted by Crippen LogP contribution is -2.37. The standard InChI is InChI=1S/C10H19NO3.C9H15NO3.C5H11NO/c1-7-5-11(6-8(7)12)9(13)14-10(2,3)4;1-9(2,3)13-8(11)10-4-6-7(5-10)12-6;1-4-2-6-3-5(4)7/h7-8,12H,5-6H2,1-4H3;6-7H,4-5H2,1-3H3;4-7H,2-3H2,1H3/t7-,8-;;4-,5-/m0.0/s1. The molecule has 10 heteroatoms. The Balaban J connectivity index is 0.000000190. The normalized spacial score (nSPS) is 32.2. The summed E-state index contributed by atoms with van der Waals surface area (Å²) in [7, 11) is 0. The third kappa shape index (κ3) is 9.56. The maximum Gasteiger partial charge on any atom is 0.410 e. The van der Waals surface area contributed by atoms with Gasteiger partial charge in [0.05, 0.1) is 31.8 Å². The van der Waals surface area contributed by atoms with E-state index in [1.54, 1.807) is 9.80 Å². The first-order valence-corrected chi connectivity index (χ1v) is 12.2. The molecule has 4 aliphatic rings. The largest absolute Gasteiger partial charge is 0.444 e. The van der Waals surface area contributed by atoms with Crippen LogP contribution in [0, 0.1) is 11.8 Å². The first-order valence-electron chi connectivity index (χ1n) is 12.2. The number of fused-ring (bicyclic) bond motifs is 1. The van der Waals surface area contributed by atoms with Crippen LogP contribution in [0.1, 0.15) is 55.4 Å². The molecule has 0 bridgehead atoms. The zero-order valence-electron chi connectivity index (χ0n) is 22.0. The summed E-state index contributed by atoms with van der Waals surface area (Å²) in [6.45, 7) is 19.2. The average molecular weight is 488 g/mol. The van der Waals surface area contributed by atoms with Gasteiger partial charge >= 0.3 is 12.2 Å². The Labute approximate surface area is 203 Å². The topological polar surface area (TPSA) is 124 Å². The molecule has 4 aliphatic heterocycles. The third-order valence-electron chi connectivity index (χ3n) is 5.84. The van der Waals surface area contributed by atoms with Crippen molar-refractivity contribution in [2.45, 2.75) is 91.0 Å². The van der Waals surface area contributed by atoms with E-state index >= 15 is 0 Å². The Morgan fingerprint density at radius 1 is 0.765 bits per heavy atom. The van der Waals surface area contributed by atoms with Gasteiger partial charge in [-0.3, -0.25) is 0 Å². The molecule has 0 spiro atoms. The Hall–Kier alpha value is -1.62. The molecule has 0 aromatic heterocycles. The minimum atomic E-state index is -0.464. The van der Waals surface area contributed by atoms with Crippen molar-refractivity contribution in [2.75, 3.05) is 39.3 Å². The fourth-order valence-corrected chi connectivity index (χ4v) is 3.71. The van der Waals surface area contributed by atoms with Crippen molar-refractivity contribution in [3.8, 4) is 0 Å². The van der Waals surface area contributed by atoms with Gasteiger partial charge < -0.3 is 39.5 Å². The second kappa shape index (κ2) is 11.4. The van der Waals surface area contributed by atoms with Gasteiger partial charge in [0.1, 0.15) is 23.4 Å². The molecule has 0 aromatic rings. The number of likely N-dealkylation sites (tertiary alicyclic amines) is 2. The summed E-state index contributed by atoms with van der Waals surface area (Å²) < 4.78 is 15.6. The second-order valence-corrected chi connectivity index (χ2v) is 11.7. The van der Waals surface area contributed by atoms with Crippen molar-refractivity contribution in [3.63, 3.8) is 0 Å². The number of morpholine rings is 1. The lowest BCUT2D eigenvalue weighted by Gasteiger charge is -2.24. The number of rotatable bonds is 0. The Bertz CT molecular complexity index is 663. The van der Waals surface area contributed by atoms with Gasteiger partial charge in [0, 0.05) is 25.6 Å². The van der Waals surface area contributed by atoms with Crippen LogP contribution in [0.4, 0.5) is 9.59 Å². The molecule has 4 saturated heterocycles. The number of epoxide rings is 1. The molecular formula is C24H45N3O7. The Kier molecular flexibility index (Phi) is 9.60. The van der Waals surface area contributed by atoms with Crippen LogP contribution in [0.2, 0.25) is 0 Å². The third-order valence-corrected chi connectivity index (χ3v) is 5.84. The van der Waals surface area contributed by atoms with Crippen LogP contribution in [-0.2, 0) is 14.2 Å². The van der Waals surface area contributed by atoms with Gasteiger partial charge in [0.2, 0.25) is 0 Å². The monoisotopic (exact) mass is 487 g/mol. The quantitative estimate of drug-likeness (QED) is 0.442. The number of carbonyl (C=O) groups is 2. The molecule has 0 saturated carbocycles. The first kappa shape index (κ1) is 28.6. The summed E-state index contributed by atoms with van der Waals surface area (Å²) >= 11 is 0. The number of aliphatic hydroxyl groups is 2. The number of β-amino-alcohol motifs (C(OH)–C–C–N with tert-alkyl or cyclic N) is 2. The molecule has 4 fully saturated rings. The molecule has 2 unspecified atom stereocenters. The van der Waals surface area contributed by atoms with Crippen molar-refractivity contribution >= 4 is 12.2 Å². The summed E-state index contributed by atoms with van der Waals surface area (Å²) in [5.74, 6) is 0.600. The van der Waals surface area contributed by atoms with Crippen LogP contribution in [0.15, 0.2) is 0 Å². The highest BCUT2D eigenvalue weighted by atomic mass is 16.6. The maximum atomic E-state index is 11.5. The molecular weight excluding hydrogens is 442 g/mol. The van der Waals surface area contributed by atoms with Gasteiger partial charge in [-0.2, -0.15) is 0 Å². The highest BCUT2D eigenvalue weighted by molar-refractivity contribution is 5.69. The molecule has 6 atom stereocenters. The predicted octanol–water partition coefficient (Wildman–Crippen LogP) is 1.83. The Morgan fingerprint density at radius 2 is 1.24 bits per heavy atom. The summed E-state index contributed by atoms with van der Waals surface area (Å²) in [6.07, 6.45) is -0.494. The smallest absolute Gasteiger partial charge is 0.410 e. The molecule has 34 heavy (non-hydrogen) atoms. The Morgan fingerprint density at radius 3 is 1.53 bits per heavy atom. The minimum absolute atomic E-state index is 0.0972. The van der Waals surface area contributed by atoms with Crippen LogP contribution in [0.25, 0.3) is 0 Å². The van der Waals surface area contributed by atoms with Crippen molar-refractivity contribution in [2.24, 2.45) is 11.8 Å². The van der Waals surface area contributed by atoms with E-state index in [9.17, 15) is 14.7 Å². The number of ether oxygens (including phenoxy) is 3. The van der Waals surface area contributed by atoms with Crippen molar-refractivity contribution < 1.29 is 34.0 Å². The molecule has 3 N–H and O–H groups in total. The number of nitrogens with zero attached hydrogens (tertiary/aromatic N) is 2. The first-order chi connectivity index (χ1) is 15.6. The molecule has 10 nitrogen and oxygen atoms in total. The van der Waals surface area contributed by atoms with E-state index in [-0.39, 0.29) is 36.4 Å². The van der Waals surface area contributed by atoms with Gasteiger partial charge in [0.15, 0.2) is 0 Å². The van der Waals surface area contributed by atoms with E-state index in [4.69, 9.17) is 19.3 Å². The highest BCUT2D eigenvalue weighted by Gasteiger charge is 2.49. The van der Waals surface area contributed by atoms with Gasteiger partial charge in [-0.25, -0.2) is 9.59 Å². The molecule has 4 heterocycles. The number of hydrogen-bond acceptors (Lipinski definition) is 8. The summed E-state index contributed by atoms with van der Waals surface area (Å²) in [5.41, 5.74) is -0.863. The average Bonchev–Trinajstić information content (AvgIpc) is 2.97. The van der Waals surface area contributed by atoms with Crippen molar-refractivity contribution in [1.82, 2.24) is 15.1 Å². The van der Waals surface area contributed by atoms with Crippen LogP contribution in [0.3, 0.4) is 0 Å².